The smallest absolute Gasteiger partial charge is 0.250 e. The van der Waals surface area contributed by atoms with Crippen LogP contribution in [0.15, 0.2) is 24.3 Å². The number of Topliss-reactive ketones (excluding diaryl/α,β-unsaturated/α-hetero) is 2. The molecule has 2 saturated heterocycles. The molecule has 2 atom stereocenters. The van der Waals surface area contributed by atoms with Crippen molar-refractivity contribution in [2.24, 2.45) is 0 Å². The number of hydrogen-bond acceptors (Lipinski definition) is 6. The van der Waals surface area contributed by atoms with E-state index in [0.717, 1.165) is 26.1 Å². The van der Waals surface area contributed by atoms with Gasteiger partial charge in [0.25, 0.3) is 0 Å². The van der Waals surface area contributed by atoms with Gasteiger partial charge in [-0.2, -0.15) is 0 Å². The van der Waals surface area contributed by atoms with E-state index in [2.05, 4.69) is 17.2 Å². The van der Waals surface area contributed by atoms with Gasteiger partial charge in [-0.1, -0.05) is 36.2 Å². The number of ether oxygens (including phenoxy) is 2. The second kappa shape index (κ2) is 8.41. The molecule has 2 aliphatic heterocycles. The minimum absolute atomic E-state index is 0.183. The SMILES string of the molecule is CCN(CCCN1C2C(=O)c3ccccc3C(=O)C2N[N+]1=O)CCC1(C)OCCO1. The molecule has 3 aliphatic rings. The average Bonchev–Trinajstić information content (AvgIpc) is 3.33. The fourth-order valence-electron chi connectivity index (χ4n) is 4.45. The lowest BCUT2D eigenvalue weighted by atomic mass is 9.83. The molecule has 2 heterocycles. The summed E-state index contributed by atoms with van der Waals surface area (Å²) >= 11 is 0. The van der Waals surface area contributed by atoms with E-state index in [-0.39, 0.29) is 11.6 Å². The highest BCUT2D eigenvalue weighted by Crippen LogP contribution is 2.28. The molecule has 9 nitrogen and oxygen atoms in total. The highest BCUT2D eigenvalue weighted by molar-refractivity contribution is 6.19. The highest BCUT2D eigenvalue weighted by Gasteiger charge is 2.57. The largest absolute Gasteiger partial charge is 0.348 e. The number of nitrogens with zero attached hydrogens (tertiary/aromatic N) is 3. The standard InChI is InChI=1S/C21H29N4O5/c1-3-23(12-9-21(2)29-13-14-30-21)10-6-11-24-18-17(22-25(24)28)19(26)15-7-4-5-8-16(15)20(18)27/h4-5,7-8,17-18H,3,6,9-14H2,1-2H3,(H,22,28)/q+1. The van der Waals surface area contributed by atoms with E-state index in [9.17, 15) is 14.5 Å². The minimum atomic E-state index is -0.830. The normalized spacial score (nSPS) is 24.9. The molecule has 0 radical (unpaired) electrons. The van der Waals surface area contributed by atoms with E-state index < -0.39 is 17.9 Å². The summed E-state index contributed by atoms with van der Waals surface area (Å²) in [5.41, 5.74) is 3.41. The van der Waals surface area contributed by atoms with Crippen LogP contribution in [0.3, 0.4) is 0 Å². The van der Waals surface area contributed by atoms with Gasteiger partial charge >= 0.3 is 0 Å². The van der Waals surface area contributed by atoms with E-state index in [1.165, 1.54) is 5.01 Å². The molecule has 0 spiro atoms. The number of carbonyl (C=O) groups excluding carboxylic acids is 2. The average molecular weight is 417 g/mol. The Hall–Kier alpha value is -2.36. The summed E-state index contributed by atoms with van der Waals surface area (Å²) in [4.78, 5) is 41.1. The molecule has 4 rings (SSSR count). The number of carbonyl (C=O) groups is 2. The number of nitrogens with one attached hydrogen (secondary N) is 1. The molecule has 0 saturated carbocycles. The first-order valence-corrected chi connectivity index (χ1v) is 10.6. The van der Waals surface area contributed by atoms with Crippen LogP contribution >= 0.6 is 0 Å². The Labute approximate surface area is 175 Å². The van der Waals surface area contributed by atoms with Gasteiger partial charge < -0.3 is 14.4 Å². The summed E-state index contributed by atoms with van der Waals surface area (Å²) in [6.45, 7) is 8.15. The molecule has 1 aliphatic carbocycles. The fraction of sp³-hybridized carbons (Fsp3) is 0.619. The van der Waals surface area contributed by atoms with Crippen LogP contribution in [-0.4, -0.2) is 83.7 Å². The third-order valence-corrected chi connectivity index (χ3v) is 6.22. The van der Waals surface area contributed by atoms with Crippen molar-refractivity contribution in [3.05, 3.63) is 40.3 Å². The Morgan fingerprint density at radius 2 is 1.83 bits per heavy atom. The lowest BCUT2D eigenvalue weighted by molar-refractivity contribution is -0.732. The molecule has 9 heteroatoms. The van der Waals surface area contributed by atoms with Crippen molar-refractivity contribution in [1.82, 2.24) is 15.3 Å². The molecule has 1 aromatic carbocycles. The summed E-state index contributed by atoms with van der Waals surface area (Å²) in [6, 6.07) is 5.15. The van der Waals surface area contributed by atoms with Crippen LogP contribution in [0.4, 0.5) is 0 Å². The predicted molar refractivity (Wildman–Crippen MR) is 108 cm³/mol. The summed E-state index contributed by atoms with van der Waals surface area (Å²) in [5.74, 6) is -0.913. The van der Waals surface area contributed by atoms with Gasteiger partial charge in [-0.15, -0.1) is 5.43 Å². The zero-order valence-corrected chi connectivity index (χ0v) is 17.5. The second-order valence-corrected chi connectivity index (χ2v) is 8.13. The van der Waals surface area contributed by atoms with Gasteiger partial charge in [0.1, 0.15) is 0 Å². The van der Waals surface area contributed by atoms with Crippen molar-refractivity contribution in [2.75, 3.05) is 39.4 Å². The zero-order chi connectivity index (χ0) is 21.3. The van der Waals surface area contributed by atoms with Crippen molar-refractivity contribution >= 4 is 11.6 Å². The van der Waals surface area contributed by atoms with Crippen molar-refractivity contribution < 1.29 is 24.0 Å². The van der Waals surface area contributed by atoms with E-state index >= 15 is 0 Å². The lowest BCUT2D eigenvalue weighted by Crippen LogP contribution is -2.51. The Morgan fingerprint density at radius 3 is 2.50 bits per heavy atom. The first-order chi connectivity index (χ1) is 14.4. The van der Waals surface area contributed by atoms with Crippen molar-refractivity contribution in [3.63, 3.8) is 0 Å². The number of hydrazine groups is 2. The molecule has 2 fully saturated rings. The summed E-state index contributed by atoms with van der Waals surface area (Å²) < 4.78 is 11.3. The quantitative estimate of drug-likeness (QED) is 0.631. The van der Waals surface area contributed by atoms with Crippen LogP contribution in [0.25, 0.3) is 0 Å². The molecule has 0 amide bonds. The van der Waals surface area contributed by atoms with Crippen LogP contribution in [-0.2, 0) is 9.47 Å². The van der Waals surface area contributed by atoms with Crippen LogP contribution < -0.4 is 5.43 Å². The topological polar surface area (TPSA) is 91.2 Å². The molecule has 162 valence electrons. The molecule has 30 heavy (non-hydrogen) atoms. The summed E-state index contributed by atoms with van der Waals surface area (Å²) in [7, 11) is 0. The van der Waals surface area contributed by atoms with Crippen LogP contribution in [0, 0.1) is 4.91 Å². The van der Waals surface area contributed by atoms with Crippen molar-refractivity contribution in [3.8, 4) is 0 Å². The van der Waals surface area contributed by atoms with Crippen LogP contribution in [0.5, 0.6) is 0 Å². The second-order valence-electron chi connectivity index (χ2n) is 8.13. The molecule has 1 aromatic rings. The maximum absolute atomic E-state index is 13.0. The number of benzene rings is 1. The van der Waals surface area contributed by atoms with E-state index in [4.69, 9.17) is 9.47 Å². The predicted octanol–water partition coefficient (Wildman–Crippen LogP) is 1.18. The third-order valence-electron chi connectivity index (χ3n) is 6.22. The first kappa shape index (κ1) is 20.9. The van der Waals surface area contributed by atoms with E-state index in [0.29, 0.717) is 42.3 Å². The molecule has 0 aromatic heterocycles. The number of ketones is 2. The van der Waals surface area contributed by atoms with Gasteiger partial charge in [-0.05, 0) is 19.9 Å². The number of fused-ring (bicyclic) bond motifs is 2. The monoisotopic (exact) mass is 417 g/mol. The van der Waals surface area contributed by atoms with Gasteiger partial charge in [0, 0.05) is 30.6 Å². The Bertz CT molecular complexity index is 838. The molecular formula is C21H29N4O5+. The van der Waals surface area contributed by atoms with Crippen molar-refractivity contribution in [2.45, 2.75) is 44.6 Å². The summed E-state index contributed by atoms with van der Waals surface area (Å²) in [5, 5.41) is 1.44. The van der Waals surface area contributed by atoms with Gasteiger partial charge in [0.05, 0.1) is 24.7 Å². The number of hydrogen-bond donors (Lipinski definition) is 1. The number of rotatable bonds is 8. The Balaban J connectivity index is 1.36. The lowest BCUT2D eigenvalue weighted by Gasteiger charge is -2.27. The van der Waals surface area contributed by atoms with Gasteiger partial charge in [0.15, 0.2) is 29.4 Å². The first-order valence-electron chi connectivity index (χ1n) is 10.6. The molecule has 0 bridgehead atoms. The van der Waals surface area contributed by atoms with Gasteiger partial charge in [-0.25, -0.2) is 0 Å². The highest BCUT2D eigenvalue weighted by atomic mass is 16.7. The van der Waals surface area contributed by atoms with Crippen LogP contribution in [0.1, 0.15) is 47.4 Å². The molecule has 1 N–H and O–H groups in total. The van der Waals surface area contributed by atoms with Crippen molar-refractivity contribution in [1.29, 1.82) is 0 Å². The van der Waals surface area contributed by atoms with Gasteiger partial charge in [0.2, 0.25) is 4.98 Å². The number of nitroso groups, excluding NO2 is 1. The molecule has 2 unspecified atom stereocenters. The van der Waals surface area contributed by atoms with E-state index in [1.807, 2.05) is 6.92 Å². The Morgan fingerprint density at radius 1 is 1.17 bits per heavy atom. The third kappa shape index (κ3) is 3.84. The zero-order valence-electron chi connectivity index (χ0n) is 17.5. The van der Waals surface area contributed by atoms with Crippen LogP contribution in [0.2, 0.25) is 0 Å². The Kier molecular flexibility index (Phi) is 5.86. The molecular weight excluding hydrogens is 388 g/mol. The summed E-state index contributed by atoms with van der Waals surface area (Å²) in [6.07, 6.45) is 1.47. The van der Waals surface area contributed by atoms with Gasteiger partial charge in [-0.3, -0.25) is 9.59 Å². The maximum atomic E-state index is 13.0. The van der Waals surface area contributed by atoms with E-state index in [1.54, 1.807) is 24.3 Å². The maximum Gasteiger partial charge on any atom is 0.250 e. The fourth-order valence-corrected chi connectivity index (χ4v) is 4.45. The minimum Gasteiger partial charge on any atom is -0.348 e.